The molecule has 2 heterocycles. The van der Waals surface area contributed by atoms with Gasteiger partial charge in [0.15, 0.2) is 6.61 Å². The monoisotopic (exact) mass is 444 g/mol. The SMILES string of the molecule is C[C@H]1CCC[C@H](Cc2nc(NCc3cncnc3OCC(C)(F)F)ncc2C#N)C1(C)C. The van der Waals surface area contributed by atoms with Gasteiger partial charge in [0.05, 0.1) is 23.0 Å². The highest BCUT2D eigenvalue weighted by molar-refractivity contribution is 5.38. The van der Waals surface area contributed by atoms with Crippen LogP contribution in [0.4, 0.5) is 14.7 Å². The molecule has 0 unspecified atom stereocenters. The Bertz CT molecular complexity index is 970. The summed E-state index contributed by atoms with van der Waals surface area (Å²) in [6.45, 7) is 7.09. The maximum Gasteiger partial charge on any atom is 0.278 e. The Balaban J connectivity index is 1.74. The van der Waals surface area contributed by atoms with Gasteiger partial charge >= 0.3 is 0 Å². The minimum atomic E-state index is -2.97. The molecule has 0 bridgehead atoms. The molecule has 0 saturated heterocycles. The van der Waals surface area contributed by atoms with Crippen LogP contribution < -0.4 is 10.1 Å². The topological polar surface area (TPSA) is 96.6 Å². The molecule has 2 aromatic heterocycles. The molecule has 1 aliphatic rings. The first kappa shape index (κ1) is 23.8. The predicted molar refractivity (Wildman–Crippen MR) is 116 cm³/mol. The Morgan fingerprint density at radius 1 is 1.28 bits per heavy atom. The van der Waals surface area contributed by atoms with Gasteiger partial charge in [-0.3, -0.25) is 0 Å². The first-order valence-corrected chi connectivity index (χ1v) is 10.9. The van der Waals surface area contributed by atoms with Gasteiger partial charge in [0.2, 0.25) is 11.8 Å². The van der Waals surface area contributed by atoms with E-state index < -0.39 is 12.5 Å². The summed E-state index contributed by atoms with van der Waals surface area (Å²) < 4.78 is 31.5. The molecular formula is C23H30F2N6O. The highest BCUT2D eigenvalue weighted by atomic mass is 19.3. The Kier molecular flexibility index (Phi) is 7.22. The maximum absolute atomic E-state index is 13.1. The molecule has 2 aromatic rings. The van der Waals surface area contributed by atoms with Crippen LogP contribution in [-0.2, 0) is 13.0 Å². The smallest absolute Gasteiger partial charge is 0.278 e. The lowest BCUT2D eigenvalue weighted by atomic mass is 9.61. The fourth-order valence-corrected chi connectivity index (χ4v) is 4.13. The molecule has 0 radical (unpaired) electrons. The van der Waals surface area contributed by atoms with Gasteiger partial charge in [0, 0.05) is 19.7 Å². The minimum Gasteiger partial charge on any atom is -0.471 e. The van der Waals surface area contributed by atoms with E-state index in [0.717, 1.165) is 19.0 Å². The zero-order valence-electron chi connectivity index (χ0n) is 19.0. The fraction of sp³-hybridized carbons (Fsp3) is 0.609. The lowest BCUT2D eigenvalue weighted by molar-refractivity contribution is -0.0245. The lowest BCUT2D eigenvalue weighted by Gasteiger charge is -2.44. The summed E-state index contributed by atoms with van der Waals surface area (Å²) in [6, 6.07) is 2.20. The molecule has 1 aliphatic carbocycles. The molecule has 32 heavy (non-hydrogen) atoms. The van der Waals surface area contributed by atoms with Crippen molar-refractivity contribution in [2.24, 2.45) is 17.3 Å². The molecule has 3 rings (SSSR count). The molecule has 2 atom stereocenters. The second-order valence-electron chi connectivity index (χ2n) is 9.29. The molecular weight excluding hydrogens is 414 g/mol. The van der Waals surface area contributed by atoms with E-state index in [1.165, 1.54) is 31.6 Å². The number of alkyl halides is 2. The summed E-state index contributed by atoms with van der Waals surface area (Å²) >= 11 is 0. The van der Waals surface area contributed by atoms with Crippen molar-refractivity contribution in [2.45, 2.75) is 65.8 Å². The van der Waals surface area contributed by atoms with Crippen molar-refractivity contribution in [2.75, 3.05) is 11.9 Å². The van der Waals surface area contributed by atoms with E-state index in [1.54, 1.807) is 0 Å². The van der Waals surface area contributed by atoms with E-state index in [2.05, 4.69) is 52.1 Å². The van der Waals surface area contributed by atoms with Crippen molar-refractivity contribution < 1.29 is 13.5 Å². The number of rotatable bonds is 8. The number of nitrogens with zero attached hydrogens (tertiary/aromatic N) is 5. The molecule has 1 saturated carbocycles. The van der Waals surface area contributed by atoms with Gasteiger partial charge < -0.3 is 10.1 Å². The Hall–Kier alpha value is -2.89. The van der Waals surface area contributed by atoms with E-state index in [1.807, 2.05) is 0 Å². The van der Waals surface area contributed by atoms with Gasteiger partial charge in [-0.2, -0.15) is 5.26 Å². The molecule has 7 nitrogen and oxygen atoms in total. The molecule has 172 valence electrons. The van der Waals surface area contributed by atoms with Crippen LogP contribution in [0.2, 0.25) is 0 Å². The number of ether oxygens (including phenoxy) is 1. The van der Waals surface area contributed by atoms with Crippen molar-refractivity contribution in [1.29, 1.82) is 5.26 Å². The van der Waals surface area contributed by atoms with E-state index in [4.69, 9.17) is 4.74 Å². The Labute approximate surface area is 187 Å². The van der Waals surface area contributed by atoms with Crippen molar-refractivity contribution in [3.63, 3.8) is 0 Å². The van der Waals surface area contributed by atoms with Gasteiger partial charge in [-0.25, -0.2) is 28.7 Å². The highest BCUT2D eigenvalue weighted by Crippen LogP contribution is 2.46. The summed E-state index contributed by atoms with van der Waals surface area (Å²) in [5.74, 6) is -1.49. The second kappa shape index (κ2) is 9.72. The number of nitriles is 1. The van der Waals surface area contributed by atoms with Crippen LogP contribution in [-0.4, -0.2) is 32.5 Å². The van der Waals surface area contributed by atoms with Crippen LogP contribution in [0, 0.1) is 28.6 Å². The zero-order chi connectivity index (χ0) is 23.4. The molecule has 9 heteroatoms. The van der Waals surface area contributed by atoms with Crippen molar-refractivity contribution in [3.05, 3.63) is 35.5 Å². The molecule has 1 N–H and O–H groups in total. The van der Waals surface area contributed by atoms with Crippen LogP contribution in [0.3, 0.4) is 0 Å². The van der Waals surface area contributed by atoms with E-state index in [-0.39, 0.29) is 17.8 Å². The Morgan fingerprint density at radius 2 is 2.06 bits per heavy atom. The molecule has 1 fully saturated rings. The largest absolute Gasteiger partial charge is 0.471 e. The number of nitrogens with one attached hydrogen (secondary N) is 1. The summed E-state index contributed by atoms with van der Waals surface area (Å²) in [6.07, 6.45) is 8.50. The van der Waals surface area contributed by atoms with Gasteiger partial charge in [-0.1, -0.05) is 33.6 Å². The third kappa shape index (κ3) is 5.87. The van der Waals surface area contributed by atoms with Crippen LogP contribution >= 0.6 is 0 Å². The molecule has 0 spiro atoms. The molecule has 0 aromatic carbocycles. The third-order valence-electron chi connectivity index (χ3n) is 6.59. The summed E-state index contributed by atoms with van der Waals surface area (Å²) in [5, 5.41) is 12.6. The third-order valence-corrected chi connectivity index (χ3v) is 6.59. The highest BCUT2D eigenvalue weighted by Gasteiger charge is 2.38. The van der Waals surface area contributed by atoms with Crippen LogP contribution in [0.1, 0.15) is 63.8 Å². The molecule has 0 amide bonds. The van der Waals surface area contributed by atoms with E-state index in [9.17, 15) is 14.0 Å². The maximum atomic E-state index is 13.1. The van der Waals surface area contributed by atoms with Gasteiger partial charge in [-0.05, 0) is 30.1 Å². The summed E-state index contributed by atoms with van der Waals surface area (Å²) in [4.78, 5) is 16.7. The normalized spacial score (nSPS) is 20.4. The number of hydrogen-bond donors (Lipinski definition) is 1. The lowest BCUT2D eigenvalue weighted by Crippen LogP contribution is -2.36. The van der Waals surface area contributed by atoms with Crippen molar-refractivity contribution >= 4 is 5.95 Å². The zero-order valence-corrected chi connectivity index (χ0v) is 19.0. The second-order valence-corrected chi connectivity index (χ2v) is 9.29. The summed E-state index contributed by atoms with van der Waals surface area (Å²) in [5.41, 5.74) is 1.87. The van der Waals surface area contributed by atoms with E-state index >= 15 is 0 Å². The minimum absolute atomic E-state index is 0.0841. The van der Waals surface area contributed by atoms with Crippen LogP contribution in [0.15, 0.2) is 18.7 Å². The number of anilines is 1. The fourth-order valence-electron chi connectivity index (χ4n) is 4.13. The van der Waals surface area contributed by atoms with E-state index in [0.29, 0.717) is 35.3 Å². The first-order valence-electron chi connectivity index (χ1n) is 10.9. The standard InChI is InChI=1S/C23H30F2N6O/c1-15-6-5-7-18(22(15,2)3)8-19-16(9-26)11-28-21(31-19)29-12-17-10-27-14-30-20(17)32-13-23(4,24)25/h10-11,14-15,18H,5-8,12-13H2,1-4H3,(H,28,29,31)/t15-,18+/m0/s1. The van der Waals surface area contributed by atoms with Gasteiger partial charge in [0.1, 0.15) is 12.4 Å². The van der Waals surface area contributed by atoms with Gasteiger partial charge in [0.25, 0.3) is 5.92 Å². The average molecular weight is 445 g/mol. The first-order chi connectivity index (χ1) is 15.1. The number of hydrogen-bond acceptors (Lipinski definition) is 7. The molecule has 0 aliphatic heterocycles. The quantitative estimate of drug-likeness (QED) is 0.625. The summed E-state index contributed by atoms with van der Waals surface area (Å²) in [7, 11) is 0. The van der Waals surface area contributed by atoms with Crippen molar-refractivity contribution in [3.8, 4) is 11.9 Å². The van der Waals surface area contributed by atoms with Gasteiger partial charge in [-0.15, -0.1) is 0 Å². The van der Waals surface area contributed by atoms with Crippen molar-refractivity contribution in [1.82, 2.24) is 19.9 Å². The number of aromatic nitrogens is 4. The number of halogens is 2. The van der Waals surface area contributed by atoms with Crippen LogP contribution in [0.5, 0.6) is 5.88 Å². The van der Waals surface area contributed by atoms with Crippen LogP contribution in [0.25, 0.3) is 0 Å². The average Bonchev–Trinajstić information content (AvgIpc) is 2.74. The predicted octanol–water partition coefficient (Wildman–Crippen LogP) is 4.79. The Morgan fingerprint density at radius 3 is 2.78 bits per heavy atom.